The molecule has 0 aromatic heterocycles. The van der Waals surface area contributed by atoms with E-state index in [9.17, 15) is 9.90 Å². The first-order valence-electron chi connectivity index (χ1n) is 7.21. The molecule has 0 saturated carbocycles. The number of hydrogen-bond acceptors (Lipinski definition) is 4. The lowest BCUT2D eigenvalue weighted by Gasteiger charge is -2.31. The van der Waals surface area contributed by atoms with Gasteiger partial charge in [0, 0.05) is 0 Å². The highest BCUT2D eigenvalue weighted by Gasteiger charge is 2.50. The number of alkyl halides is 1. The number of hydrogen-bond donors (Lipinski definition) is 1. The van der Waals surface area contributed by atoms with E-state index in [1.807, 2.05) is 30.3 Å². The molecule has 1 N–H and O–H groups in total. The van der Waals surface area contributed by atoms with Crippen molar-refractivity contribution >= 4 is 17.7 Å². The van der Waals surface area contributed by atoms with Crippen LogP contribution < -0.4 is 0 Å². The Bertz CT molecular complexity index is 517. The van der Waals surface area contributed by atoms with Crippen molar-refractivity contribution in [2.75, 3.05) is 12.6 Å². The van der Waals surface area contributed by atoms with Crippen molar-refractivity contribution in [1.82, 2.24) is 4.90 Å². The van der Waals surface area contributed by atoms with E-state index in [0.29, 0.717) is 6.42 Å². The first-order valence-corrected chi connectivity index (χ1v) is 7.74. The van der Waals surface area contributed by atoms with Gasteiger partial charge in [0.1, 0.15) is 12.3 Å². The van der Waals surface area contributed by atoms with Gasteiger partial charge in [-0.25, -0.2) is 4.79 Å². The molecule has 6 heteroatoms. The van der Waals surface area contributed by atoms with E-state index >= 15 is 0 Å². The van der Waals surface area contributed by atoms with E-state index < -0.39 is 23.5 Å². The first-order chi connectivity index (χ1) is 10.2. The van der Waals surface area contributed by atoms with E-state index in [0.717, 1.165) is 5.56 Å². The van der Waals surface area contributed by atoms with E-state index in [1.165, 1.54) is 4.90 Å². The molecule has 0 radical (unpaired) electrons. The van der Waals surface area contributed by atoms with E-state index in [1.54, 1.807) is 20.8 Å². The van der Waals surface area contributed by atoms with Crippen molar-refractivity contribution in [2.45, 2.75) is 44.6 Å². The number of carbonyl (C=O) groups is 1. The van der Waals surface area contributed by atoms with Crippen LogP contribution in [0.4, 0.5) is 4.79 Å². The Morgan fingerprint density at radius 2 is 2.09 bits per heavy atom. The minimum Gasteiger partial charge on any atom is -0.444 e. The molecule has 5 nitrogen and oxygen atoms in total. The van der Waals surface area contributed by atoms with Crippen LogP contribution in [0.3, 0.4) is 0 Å². The number of halogens is 1. The number of carbonyl (C=O) groups excluding carboxylic acids is 1. The van der Waals surface area contributed by atoms with Crippen LogP contribution in [0.1, 0.15) is 26.3 Å². The molecule has 22 heavy (non-hydrogen) atoms. The average molecular weight is 328 g/mol. The summed E-state index contributed by atoms with van der Waals surface area (Å²) in [7, 11) is 0. The topological polar surface area (TPSA) is 59.0 Å². The zero-order valence-corrected chi connectivity index (χ0v) is 13.8. The standard InChI is InChI=1S/C16H22ClNO4/c1-15(2,3)22-14(19)18-11-21-16(20,10-17)13(18)9-12-7-5-4-6-8-12/h4-8,13,20H,9-11H2,1-3H3/t13-,16?/m0/s1. The van der Waals surface area contributed by atoms with Crippen molar-refractivity contribution in [3.63, 3.8) is 0 Å². The second kappa shape index (κ2) is 6.44. The predicted molar refractivity (Wildman–Crippen MR) is 83.6 cm³/mol. The fraction of sp³-hybridized carbons (Fsp3) is 0.562. The van der Waals surface area contributed by atoms with Crippen molar-refractivity contribution in [3.8, 4) is 0 Å². The maximum absolute atomic E-state index is 12.3. The number of amides is 1. The van der Waals surface area contributed by atoms with Gasteiger partial charge in [0.25, 0.3) is 0 Å². The van der Waals surface area contributed by atoms with Gasteiger partial charge in [0.2, 0.25) is 5.79 Å². The Morgan fingerprint density at radius 3 is 2.64 bits per heavy atom. The first kappa shape index (κ1) is 17.1. The molecule has 1 heterocycles. The minimum absolute atomic E-state index is 0.0460. The van der Waals surface area contributed by atoms with Crippen molar-refractivity contribution in [2.24, 2.45) is 0 Å². The maximum Gasteiger partial charge on any atom is 0.412 e. The molecular weight excluding hydrogens is 306 g/mol. The molecule has 0 spiro atoms. The molecule has 1 aromatic rings. The second-order valence-electron chi connectivity index (χ2n) is 6.41. The monoisotopic (exact) mass is 327 g/mol. The molecule has 2 rings (SSSR count). The summed E-state index contributed by atoms with van der Waals surface area (Å²) in [6.07, 6.45) is -0.0852. The summed E-state index contributed by atoms with van der Waals surface area (Å²) in [5.41, 5.74) is 0.367. The van der Waals surface area contributed by atoms with Crippen LogP contribution in [-0.4, -0.2) is 46.1 Å². The van der Waals surface area contributed by atoms with Crippen LogP contribution >= 0.6 is 11.6 Å². The quantitative estimate of drug-likeness (QED) is 0.867. The third-order valence-electron chi connectivity index (χ3n) is 3.44. The highest BCUT2D eigenvalue weighted by molar-refractivity contribution is 6.18. The Labute approximate surface area is 135 Å². The van der Waals surface area contributed by atoms with Crippen molar-refractivity contribution in [3.05, 3.63) is 35.9 Å². The van der Waals surface area contributed by atoms with Crippen LogP contribution in [-0.2, 0) is 15.9 Å². The van der Waals surface area contributed by atoms with E-state index in [-0.39, 0.29) is 12.6 Å². The molecule has 1 aliphatic rings. The maximum atomic E-state index is 12.3. The molecule has 1 fully saturated rings. The third kappa shape index (κ3) is 3.91. The van der Waals surface area contributed by atoms with Gasteiger partial charge in [-0.1, -0.05) is 30.3 Å². The summed E-state index contributed by atoms with van der Waals surface area (Å²) in [5.74, 6) is -1.70. The zero-order chi connectivity index (χ0) is 16.4. The molecule has 0 bridgehead atoms. The number of benzene rings is 1. The van der Waals surface area contributed by atoms with Gasteiger partial charge in [-0.3, -0.25) is 4.90 Å². The molecular formula is C16H22ClNO4. The molecule has 1 saturated heterocycles. The van der Waals surface area contributed by atoms with E-state index in [2.05, 4.69) is 0 Å². The van der Waals surface area contributed by atoms with Gasteiger partial charge >= 0.3 is 6.09 Å². The van der Waals surface area contributed by atoms with Gasteiger partial charge in [-0.05, 0) is 32.8 Å². The van der Waals surface area contributed by atoms with Crippen LogP contribution in [0.15, 0.2) is 30.3 Å². The van der Waals surface area contributed by atoms with Crippen LogP contribution in [0.5, 0.6) is 0 Å². The van der Waals surface area contributed by atoms with Crippen molar-refractivity contribution < 1.29 is 19.4 Å². The fourth-order valence-electron chi connectivity index (χ4n) is 2.35. The Morgan fingerprint density at radius 1 is 1.45 bits per heavy atom. The van der Waals surface area contributed by atoms with Gasteiger partial charge in [0.15, 0.2) is 0 Å². The van der Waals surface area contributed by atoms with Crippen LogP contribution in [0, 0.1) is 0 Å². The Balaban J connectivity index is 2.20. The van der Waals surface area contributed by atoms with Crippen molar-refractivity contribution in [1.29, 1.82) is 0 Å². The number of nitrogens with zero attached hydrogens (tertiary/aromatic N) is 1. The van der Waals surface area contributed by atoms with Crippen LogP contribution in [0.2, 0.25) is 0 Å². The highest BCUT2D eigenvalue weighted by atomic mass is 35.5. The molecule has 1 amide bonds. The summed E-state index contributed by atoms with van der Waals surface area (Å²) >= 11 is 5.86. The minimum atomic E-state index is -1.58. The zero-order valence-electron chi connectivity index (χ0n) is 13.1. The second-order valence-corrected chi connectivity index (χ2v) is 6.67. The number of aliphatic hydroxyl groups is 1. The summed E-state index contributed by atoms with van der Waals surface area (Å²) in [6, 6.07) is 8.99. The van der Waals surface area contributed by atoms with Gasteiger partial charge in [-0.2, -0.15) is 0 Å². The number of rotatable bonds is 3. The summed E-state index contributed by atoms with van der Waals surface area (Å²) in [4.78, 5) is 13.7. The Hall–Kier alpha value is -1.30. The highest BCUT2D eigenvalue weighted by Crippen LogP contribution is 2.31. The predicted octanol–water partition coefficient (Wildman–Crippen LogP) is 2.75. The van der Waals surface area contributed by atoms with Crippen LogP contribution in [0.25, 0.3) is 0 Å². The lowest BCUT2D eigenvalue weighted by atomic mass is 9.99. The van der Waals surface area contributed by atoms with Gasteiger partial charge in [-0.15, -0.1) is 11.6 Å². The summed E-state index contributed by atoms with van der Waals surface area (Å²) in [5, 5.41) is 10.5. The summed E-state index contributed by atoms with van der Waals surface area (Å²) in [6.45, 7) is 5.33. The molecule has 1 aromatic carbocycles. The largest absolute Gasteiger partial charge is 0.444 e. The lowest BCUT2D eigenvalue weighted by molar-refractivity contribution is -0.160. The fourth-order valence-corrected chi connectivity index (χ4v) is 2.60. The average Bonchev–Trinajstić information content (AvgIpc) is 2.77. The van der Waals surface area contributed by atoms with Gasteiger partial charge < -0.3 is 14.6 Å². The molecule has 1 unspecified atom stereocenters. The Kier molecular flexibility index (Phi) is 5.00. The molecule has 1 aliphatic heterocycles. The smallest absolute Gasteiger partial charge is 0.412 e. The normalized spacial score (nSPS) is 25.3. The van der Waals surface area contributed by atoms with Gasteiger partial charge in [0.05, 0.1) is 11.9 Å². The lowest BCUT2D eigenvalue weighted by Crippen LogP contribution is -2.50. The molecule has 2 atom stereocenters. The molecule has 122 valence electrons. The summed E-state index contributed by atoms with van der Waals surface area (Å²) < 4.78 is 10.8. The number of ether oxygens (including phenoxy) is 2. The molecule has 0 aliphatic carbocycles. The van der Waals surface area contributed by atoms with E-state index in [4.69, 9.17) is 21.1 Å². The SMILES string of the molecule is CC(C)(C)OC(=O)N1COC(O)(CCl)[C@@H]1Cc1ccccc1. The third-order valence-corrected chi connectivity index (χ3v) is 3.82.